The number of nitrogens with zero attached hydrogens (tertiary/aromatic N) is 5. The molecule has 34 heavy (non-hydrogen) atoms. The Bertz CT molecular complexity index is 1260. The monoisotopic (exact) mass is 540 g/mol. The fraction of sp³-hybridized carbons (Fsp3) is 0.318. The van der Waals surface area contributed by atoms with Crippen molar-refractivity contribution in [3.05, 3.63) is 54.4 Å². The maximum absolute atomic E-state index is 11.8. The van der Waals surface area contributed by atoms with Gasteiger partial charge >= 0.3 is 0 Å². The van der Waals surface area contributed by atoms with Gasteiger partial charge in [-0.15, -0.1) is 0 Å². The Hall–Kier alpha value is -2.17. The van der Waals surface area contributed by atoms with E-state index in [4.69, 9.17) is 34.8 Å². The number of hydrogen-bond donors (Lipinski definition) is 1. The van der Waals surface area contributed by atoms with Gasteiger partial charge in [-0.25, -0.2) is 13.4 Å². The molecule has 0 aliphatic carbocycles. The largest absolute Gasteiger partial charge is 0.369 e. The van der Waals surface area contributed by atoms with Crippen molar-refractivity contribution >= 4 is 62.0 Å². The molecule has 1 fully saturated rings. The lowest BCUT2D eigenvalue weighted by molar-refractivity contribution is 0.313. The van der Waals surface area contributed by atoms with Crippen LogP contribution in [-0.2, 0) is 13.6 Å². The number of alkyl halides is 3. The third-order valence-corrected chi connectivity index (χ3v) is 7.06. The molecule has 4 rings (SSSR count). The number of rotatable bonds is 5. The molecule has 12 heteroatoms. The summed E-state index contributed by atoms with van der Waals surface area (Å²) in [6, 6.07) is 14.1. The van der Waals surface area contributed by atoms with Crippen LogP contribution in [0.15, 0.2) is 53.4 Å². The van der Waals surface area contributed by atoms with Crippen LogP contribution < -0.4 is 10.2 Å². The molecule has 0 spiro atoms. The Kier molecular flexibility index (Phi) is 7.21. The first kappa shape index (κ1) is 24.9. The highest BCUT2D eigenvalue weighted by molar-refractivity contribution is 7.90. The van der Waals surface area contributed by atoms with Crippen molar-refractivity contribution in [1.82, 2.24) is 19.9 Å². The van der Waals surface area contributed by atoms with Crippen molar-refractivity contribution < 1.29 is 8.42 Å². The molecule has 0 radical (unpaired) electrons. The number of piperazine rings is 1. The number of hydrogen-bond acceptors (Lipinski definition) is 8. The maximum Gasteiger partial charge on any atom is 0.250 e. The zero-order valence-electron chi connectivity index (χ0n) is 18.5. The predicted molar refractivity (Wildman–Crippen MR) is 137 cm³/mol. The Balaban J connectivity index is 1.60. The standard InChI is InChI=1S/C22H23Cl3N6O2S/c1-30-11-13-31(14-12-30)17-7-5-16(6-8-17)26-21-28-19(27-20(29-21)22(23,24)25)15-3-9-18(10-4-15)34(2,32)33/h3-10H,11-14H2,1-2H3,(H,26,27,28,29). The second-order valence-electron chi connectivity index (χ2n) is 8.06. The molecular formula is C22H23Cl3N6O2S. The molecule has 2 heterocycles. The molecule has 1 aliphatic rings. The molecule has 1 saturated heterocycles. The van der Waals surface area contributed by atoms with E-state index in [1.165, 1.54) is 12.1 Å². The highest BCUT2D eigenvalue weighted by Crippen LogP contribution is 2.37. The van der Waals surface area contributed by atoms with E-state index in [2.05, 4.69) is 37.1 Å². The molecule has 1 N–H and O–H groups in total. The fourth-order valence-corrected chi connectivity index (χ4v) is 4.37. The van der Waals surface area contributed by atoms with E-state index in [-0.39, 0.29) is 22.5 Å². The molecule has 2 aromatic carbocycles. The number of aromatic nitrogens is 3. The van der Waals surface area contributed by atoms with Crippen LogP contribution in [-0.4, -0.2) is 67.8 Å². The zero-order valence-corrected chi connectivity index (χ0v) is 21.6. The summed E-state index contributed by atoms with van der Waals surface area (Å²) < 4.78 is 21.6. The van der Waals surface area contributed by atoms with Gasteiger partial charge < -0.3 is 15.1 Å². The molecule has 180 valence electrons. The summed E-state index contributed by atoms with van der Waals surface area (Å²) in [6.07, 6.45) is 1.14. The van der Waals surface area contributed by atoms with E-state index < -0.39 is 13.6 Å². The first-order chi connectivity index (χ1) is 16.0. The topological polar surface area (TPSA) is 91.3 Å². The van der Waals surface area contributed by atoms with E-state index in [1.54, 1.807) is 12.1 Å². The Morgan fingerprint density at radius 1 is 0.882 bits per heavy atom. The van der Waals surface area contributed by atoms with Gasteiger partial charge in [0, 0.05) is 49.4 Å². The van der Waals surface area contributed by atoms with E-state index >= 15 is 0 Å². The smallest absolute Gasteiger partial charge is 0.250 e. The maximum atomic E-state index is 11.8. The third kappa shape index (κ3) is 6.09. The van der Waals surface area contributed by atoms with E-state index in [1.807, 2.05) is 24.3 Å². The molecule has 3 aromatic rings. The summed E-state index contributed by atoms with van der Waals surface area (Å²) in [5.74, 6) is 0.394. The van der Waals surface area contributed by atoms with Gasteiger partial charge in [-0.3, -0.25) is 0 Å². The van der Waals surface area contributed by atoms with Crippen molar-refractivity contribution in [2.45, 2.75) is 8.69 Å². The summed E-state index contributed by atoms with van der Waals surface area (Å²) in [5, 5.41) is 3.14. The van der Waals surface area contributed by atoms with Crippen LogP contribution in [0.1, 0.15) is 5.82 Å². The predicted octanol–water partition coefficient (Wildman–Crippen LogP) is 4.26. The van der Waals surface area contributed by atoms with Gasteiger partial charge in [0.05, 0.1) is 4.90 Å². The summed E-state index contributed by atoms with van der Waals surface area (Å²) in [6.45, 7) is 4.01. The van der Waals surface area contributed by atoms with Gasteiger partial charge in [0.25, 0.3) is 0 Å². The van der Waals surface area contributed by atoms with Gasteiger partial charge in [0.2, 0.25) is 9.74 Å². The summed E-state index contributed by atoms with van der Waals surface area (Å²) in [4.78, 5) is 17.8. The summed E-state index contributed by atoms with van der Waals surface area (Å²) in [7, 11) is -1.21. The van der Waals surface area contributed by atoms with Gasteiger partial charge in [-0.05, 0) is 55.6 Å². The van der Waals surface area contributed by atoms with E-state index in [0.29, 0.717) is 5.56 Å². The average molecular weight is 542 g/mol. The molecule has 1 aliphatic heterocycles. The quantitative estimate of drug-likeness (QED) is 0.479. The highest BCUT2D eigenvalue weighted by atomic mass is 35.6. The average Bonchev–Trinajstić information content (AvgIpc) is 2.79. The minimum Gasteiger partial charge on any atom is -0.369 e. The molecule has 0 unspecified atom stereocenters. The van der Waals surface area contributed by atoms with Crippen LogP contribution in [0.2, 0.25) is 0 Å². The number of nitrogens with one attached hydrogen (secondary N) is 1. The van der Waals surface area contributed by atoms with Crippen LogP contribution in [0.5, 0.6) is 0 Å². The molecule has 0 bridgehead atoms. The number of halogens is 3. The molecule has 0 atom stereocenters. The molecule has 1 aromatic heterocycles. The van der Waals surface area contributed by atoms with Crippen molar-refractivity contribution in [1.29, 1.82) is 0 Å². The van der Waals surface area contributed by atoms with Crippen LogP contribution in [0.25, 0.3) is 11.4 Å². The lowest BCUT2D eigenvalue weighted by atomic mass is 10.2. The van der Waals surface area contributed by atoms with Crippen molar-refractivity contribution in [2.75, 3.05) is 49.7 Å². The fourth-order valence-electron chi connectivity index (χ4n) is 3.49. The second-order valence-corrected chi connectivity index (χ2v) is 12.4. The summed E-state index contributed by atoms with van der Waals surface area (Å²) in [5.41, 5.74) is 2.46. The Labute approximate surface area is 213 Å². The SMILES string of the molecule is CN1CCN(c2ccc(Nc3nc(-c4ccc(S(C)(=O)=O)cc4)nc(C(Cl)(Cl)Cl)n3)cc2)CC1. The van der Waals surface area contributed by atoms with Crippen LogP contribution >= 0.6 is 34.8 Å². The third-order valence-electron chi connectivity index (χ3n) is 5.42. The molecule has 0 amide bonds. The minimum absolute atomic E-state index is 0.0498. The van der Waals surface area contributed by atoms with Crippen molar-refractivity contribution in [3.8, 4) is 11.4 Å². The molecule has 0 saturated carbocycles. The van der Waals surface area contributed by atoms with Gasteiger partial charge in [0.1, 0.15) is 0 Å². The lowest BCUT2D eigenvalue weighted by Crippen LogP contribution is -2.44. The Morgan fingerprint density at radius 2 is 1.50 bits per heavy atom. The van der Waals surface area contributed by atoms with Crippen molar-refractivity contribution in [2.24, 2.45) is 0 Å². The Morgan fingerprint density at radius 3 is 2.06 bits per heavy atom. The van der Waals surface area contributed by atoms with Crippen LogP contribution in [0.3, 0.4) is 0 Å². The number of likely N-dealkylation sites (N-methyl/N-ethyl adjacent to an activating group) is 1. The molecular weight excluding hydrogens is 519 g/mol. The van der Waals surface area contributed by atoms with Crippen molar-refractivity contribution in [3.63, 3.8) is 0 Å². The van der Waals surface area contributed by atoms with Gasteiger partial charge in [-0.2, -0.15) is 9.97 Å². The van der Waals surface area contributed by atoms with Gasteiger partial charge in [-0.1, -0.05) is 34.8 Å². The van der Waals surface area contributed by atoms with Crippen LogP contribution in [0, 0.1) is 0 Å². The first-order valence-corrected chi connectivity index (χ1v) is 13.5. The minimum atomic E-state index is -3.33. The lowest BCUT2D eigenvalue weighted by Gasteiger charge is -2.34. The molecule has 8 nitrogen and oxygen atoms in total. The zero-order chi connectivity index (χ0) is 24.5. The van der Waals surface area contributed by atoms with E-state index in [9.17, 15) is 8.42 Å². The first-order valence-electron chi connectivity index (χ1n) is 10.4. The number of sulfone groups is 1. The van der Waals surface area contributed by atoms with E-state index in [0.717, 1.165) is 43.8 Å². The highest BCUT2D eigenvalue weighted by Gasteiger charge is 2.28. The van der Waals surface area contributed by atoms with Crippen LogP contribution in [0.4, 0.5) is 17.3 Å². The second kappa shape index (κ2) is 9.83. The normalized spacial score (nSPS) is 15.4. The number of benzene rings is 2. The summed E-state index contributed by atoms with van der Waals surface area (Å²) >= 11 is 18.2. The number of anilines is 3. The van der Waals surface area contributed by atoms with Gasteiger partial charge in [0.15, 0.2) is 21.5 Å².